The molecule has 192 valence electrons. The van der Waals surface area contributed by atoms with Crippen LogP contribution in [0.4, 0.5) is 10.6 Å². The molecule has 2 aliphatic heterocycles. The lowest BCUT2D eigenvalue weighted by Gasteiger charge is -2.37. The molecular formula is C24H29ClN6O5. The first kappa shape index (κ1) is 25.5. The first-order valence-corrected chi connectivity index (χ1v) is 12.0. The molecule has 2 aromatic rings. The molecule has 0 radical (unpaired) electrons. The number of esters is 1. The van der Waals surface area contributed by atoms with Crippen LogP contribution < -0.4 is 25.0 Å². The molecule has 0 aliphatic carbocycles. The smallest absolute Gasteiger partial charge is 0.338 e. The van der Waals surface area contributed by atoms with Crippen molar-refractivity contribution in [1.82, 2.24) is 25.7 Å². The molecule has 12 heteroatoms. The van der Waals surface area contributed by atoms with Gasteiger partial charge in [0.1, 0.15) is 0 Å². The van der Waals surface area contributed by atoms with Crippen molar-refractivity contribution in [3.8, 4) is 11.5 Å². The summed E-state index contributed by atoms with van der Waals surface area (Å²) in [6.07, 6.45) is 0. The van der Waals surface area contributed by atoms with Crippen LogP contribution in [0.2, 0.25) is 5.15 Å². The minimum absolute atomic E-state index is 0.201. The number of anilines is 1. The van der Waals surface area contributed by atoms with Gasteiger partial charge in [0.05, 0.1) is 32.4 Å². The predicted molar refractivity (Wildman–Crippen MR) is 133 cm³/mol. The molecule has 1 atom stereocenters. The van der Waals surface area contributed by atoms with E-state index in [0.29, 0.717) is 66.2 Å². The number of para-hydroxylation sites is 1. The van der Waals surface area contributed by atoms with Crippen LogP contribution in [-0.2, 0) is 9.53 Å². The number of aromatic nitrogens is 2. The average Bonchev–Trinajstić information content (AvgIpc) is 2.88. The Morgan fingerprint density at radius 3 is 2.53 bits per heavy atom. The number of carbonyl (C=O) groups is 2. The molecule has 11 nitrogen and oxygen atoms in total. The zero-order chi connectivity index (χ0) is 25.7. The van der Waals surface area contributed by atoms with Crippen LogP contribution in [-0.4, -0.2) is 80.6 Å². The van der Waals surface area contributed by atoms with Gasteiger partial charge in [0.15, 0.2) is 22.5 Å². The third kappa shape index (κ3) is 5.47. The Morgan fingerprint density at radius 1 is 1.11 bits per heavy atom. The SMILES string of the molecule is CCOC(=O)C1=C(CN2CCN(c3ccc(Cl)nn3)CC2)NC(=O)N[C@H]1c1cccc(OC)c1OC. The fraction of sp³-hybridized carbons (Fsp3) is 0.417. The molecular weight excluding hydrogens is 488 g/mol. The lowest BCUT2D eigenvalue weighted by molar-refractivity contribution is -0.139. The first-order valence-electron chi connectivity index (χ1n) is 11.6. The highest BCUT2D eigenvalue weighted by molar-refractivity contribution is 6.29. The maximum atomic E-state index is 13.2. The van der Waals surface area contributed by atoms with Gasteiger partial charge < -0.3 is 29.7 Å². The van der Waals surface area contributed by atoms with Crippen LogP contribution in [0.15, 0.2) is 41.6 Å². The maximum absolute atomic E-state index is 13.2. The van der Waals surface area contributed by atoms with E-state index in [9.17, 15) is 9.59 Å². The summed E-state index contributed by atoms with van der Waals surface area (Å²) in [5.74, 6) is 1.18. The predicted octanol–water partition coefficient (Wildman–Crippen LogP) is 2.14. The Balaban J connectivity index is 1.61. The van der Waals surface area contributed by atoms with Crippen molar-refractivity contribution in [3.05, 3.63) is 52.3 Å². The van der Waals surface area contributed by atoms with E-state index in [1.54, 1.807) is 31.2 Å². The fourth-order valence-corrected chi connectivity index (χ4v) is 4.50. The fourth-order valence-electron chi connectivity index (χ4n) is 4.40. The summed E-state index contributed by atoms with van der Waals surface area (Å²) in [6, 6.07) is 7.69. The number of piperazine rings is 1. The zero-order valence-corrected chi connectivity index (χ0v) is 21.2. The number of rotatable bonds is 8. The van der Waals surface area contributed by atoms with Crippen LogP contribution >= 0.6 is 11.6 Å². The first-order chi connectivity index (χ1) is 17.4. The van der Waals surface area contributed by atoms with E-state index in [0.717, 1.165) is 5.82 Å². The quantitative estimate of drug-likeness (QED) is 0.509. The van der Waals surface area contributed by atoms with Gasteiger partial charge in [-0.15, -0.1) is 10.2 Å². The van der Waals surface area contributed by atoms with Gasteiger partial charge in [0.2, 0.25) is 0 Å². The van der Waals surface area contributed by atoms with E-state index in [1.807, 2.05) is 6.07 Å². The van der Waals surface area contributed by atoms with Gasteiger partial charge >= 0.3 is 12.0 Å². The number of ether oxygens (including phenoxy) is 3. The van der Waals surface area contributed by atoms with Gasteiger partial charge in [-0.3, -0.25) is 4.90 Å². The van der Waals surface area contributed by atoms with Gasteiger partial charge in [0.25, 0.3) is 0 Å². The van der Waals surface area contributed by atoms with E-state index in [2.05, 4.69) is 30.6 Å². The summed E-state index contributed by atoms with van der Waals surface area (Å²) < 4.78 is 16.4. The molecule has 4 rings (SSSR count). The molecule has 0 saturated carbocycles. The molecule has 3 heterocycles. The van der Waals surface area contributed by atoms with Crippen molar-refractivity contribution in [3.63, 3.8) is 0 Å². The van der Waals surface area contributed by atoms with Crippen molar-refractivity contribution >= 4 is 29.4 Å². The van der Waals surface area contributed by atoms with Crippen molar-refractivity contribution in [2.75, 3.05) is 58.5 Å². The Bertz CT molecular complexity index is 1130. The summed E-state index contributed by atoms with van der Waals surface area (Å²) >= 11 is 5.85. The molecule has 2 aliphatic rings. The molecule has 2 N–H and O–H groups in total. The number of nitrogens with one attached hydrogen (secondary N) is 2. The summed E-state index contributed by atoms with van der Waals surface area (Å²) in [6.45, 7) is 5.11. The molecule has 1 aromatic carbocycles. The van der Waals surface area contributed by atoms with Crippen molar-refractivity contribution in [1.29, 1.82) is 0 Å². The van der Waals surface area contributed by atoms with Gasteiger partial charge in [0, 0.05) is 44.0 Å². The molecule has 0 unspecified atom stereocenters. The van der Waals surface area contributed by atoms with E-state index in [4.69, 9.17) is 25.8 Å². The topological polar surface area (TPSA) is 118 Å². The second-order valence-corrected chi connectivity index (χ2v) is 8.59. The maximum Gasteiger partial charge on any atom is 0.338 e. The molecule has 36 heavy (non-hydrogen) atoms. The van der Waals surface area contributed by atoms with Gasteiger partial charge in [-0.1, -0.05) is 23.7 Å². The lowest BCUT2D eigenvalue weighted by atomic mass is 9.93. The highest BCUT2D eigenvalue weighted by Gasteiger charge is 2.36. The minimum Gasteiger partial charge on any atom is -0.493 e. The third-order valence-electron chi connectivity index (χ3n) is 6.09. The van der Waals surface area contributed by atoms with E-state index in [1.165, 1.54) is 14.2 Å². The number of halogens is 1. The van der Waals surface area contributed by atoms with E-state index < -0.39 is 18.0 Å². The highest BCUT2D eigenvalue weighted by atomic mass is 35.5. The Morgan fingerprint density at radius 2 is 1.89 bits per heavy atom. The van der Waals surface area contributed by atoms with Crippen LogP contribution in [0.5, 0.6) is 11.5 Å². The number of urea groups is 1. The van der Waals surface area contributed by atoms with Crippen molar-refractivity contribution in [2.45, 2.75) is 13.0 Å². The molecule has 0 spiro atoms. The van der Waals surface area contributed by atoms with Crippen LogP contribution in [0.25, 0.3) is 0 Å². The number of nitrogens with zero attached hydrogens (tertiary/aromatic N) is 4. The van der Waals surface area contributed by atoms with Crippen LogP contribution in [0, 0.1) is 0 Å². The molecule has 2 amide bonds. The third-order valence-corrected chi connectivity index (χ3v) is 6.29. The number of amides is 2. The van der Waals surface area contributed by atoms with Crippen molar-refractivity contribution in [2.24, 2.45) is 0 Å². The Labute approximate surface area is 214 Å². The average molecular weight is 517 g/mol. The molecule has 1 aromatic heterocycles. The molecule has 1 fully saturated rings. The van der Waals surface area contributed by atoms with Gasteiger partial charge in [-0.05, 0) is 25.1 Å². The summed E-state index contributed by atoms with van der Waals surface area (Å²) in [7, 11) is 3.05. The minimum atomic E-state index is -0.775. The van der Waals surface area contributed by atoms with E-state index >= 15 is 0 Å². The van der Waals surface area contributed by atoms with E-state index in [-0.39, 0.29) is 6.61 Å². The highest BCUT2D eigenvalue weighted by Crippen LogP contribution is 2.39. The summed E-state index contributed by atoms with van der Waals surface area (Å²) in [4.78, 5) is 30.2. The number of hydrogen-bond acceptors (Lipinski definition) is 9. The lowest BCUT2D eigenvalue weighted by Crippen LogP contribution is -2.52. The number of carbonyl (C=O) groups excluding carboxylic acids is 2. The number of hydrogen-bond donors (Lipinski definition) is 2. The number of benzene rings is 1. The van der Waals surface area contributed by atoms with Crippen LogP contribution in [0.1, 0.15) is 18.5 Å². The van der Waals surface area contributed by atoms with Gasteiger partial charge in [-0.25, -0.2) is 9.59 Å². The Hall–Kier alpha value is -3.57. The normalized spacial score (nSPS) is 18.4. The standard InChI is InChI=1S/C24H29ClN6O5/c1-4-36-23(32)20-16(14-30-10-12-31(13-11-30)19-9-8-18(25)28-29-19)26-24(33)27-21(20)15-6-5-7-17(34-2)22(15)35-3/h5-9,21H,4,10-14H2,1-3H3,(H2,26,27,33)/t21-/m0/s1. The van der Waals surface area contributed by atoms with Gasteiger partial charge in [-0.2, -0.15) is 0 Å². The second-order valence-electron chi connectivity index (χ2n) is 8.20. The number of methoxy groups -OCH3 is 2. The molecule has 1 saturated heterocycles. The Kier molecular flexibility index (Phi) is 8.11. The zero-order valence-electron chi connectivity index (χ0n) is 20.4. The monoisotopic (exact) mass is 516 g/mol. The largest absolute Gasteiger partial charge is 0.493 e. The molecule has 0 bridgehead atoms. The summed E-state index contributed by atoms with van der Waals surface area (Å²) in [5, 5.41) is 14.1. The second kappa shape index (κ2) is 11.4. The van der Waals surface area contributed by atoms with Crippen LogP contribution in [0.3, 0.4) is 0 Å². The van der Waals surface area contributed by atoms with Crippen molar-refractivity contribution < 1.29 is 23.8 Å². The summed E-state index contributed by atoms with van der Waals surface area (Å²) in [5.41, 5.74) is 1.42.